The van der Waals surface area contributed by atoms with Gasteiger partial charge in [0.1, 0.15) is 23.5 Å². The lowest BCUT2D eigenvalue weighted by atomic mass is 10.0. The number of amides is 2. The second kappa shape index (κ2) is 11.7. The fraction of sp³-hybridized carbons (Fsp3) is 0.500. The van der Waals surface area contributed by atoms with Crippen LogP contribution in [-0.2, 0) is 9.59 Å². The molecule has 204 valence electrons. The van der Waals surface area contributed by atoms with Crippen molar-refractivity contribution in [2.24, 2.45) is 0 Å². The van der Waals surface area contributed by atoms with Gasteiger partial charge in [-0.1, -0.05) is 19.0 Å². The molecule has 1 aliphatic heterocycles. The van der Waals surface area contributed by atoms with Crippen LogP contribution in [-0.4, -0.2) is 55.5 Å². The quantitative estimate of drug-likeness (QED) is 0.377. The van der Waals surface area contributed by atoms with Crippen molar-refractivity contribution in [3.63, 3.8) is 0 Å². The summed E-state index contributed by atoms with van der Waals surface area (Å²) in [5, 5.41) is 9.69. The molecule has 0 radical (unpaired) electrons. The molecular formula is C26H33F2N7O3. The SMILES string of the molecule is CC(C)c1noc(NC(CC(=O)N2CCCCC2C)C(=O)NC(C)c2ncc(-c3ccc(F)cc3F)[nH]2)n1. The number of anilines is 1. The highest BCUT2D eigenvalue weighted by molar-refractivity contribution is 5.90. The zero-order valence-electron chi connectivity index (χ0n) is 21.9. The molecular weight excluding hydrogens is 496 g/mol. The average Bonchev–Trinajstić information content (AvgIpc) is 3.54. The number of benzene rings is 1. The Bertz CT molecular complexity index is 1280. The van der Waals surface area contributed by atoms with E-state index in [1.807, 2.05) is 20.8 Å². The minimum Gasteiger partial charge on any atom is -0.345 e. The van der Waals surface area contributed by atoms with E-state index in [0.29, 0.717) is 23.9 Å². The van der Waals surface area contributed by atoms with Gasteiger partial charge >= 0.3 is 6.01 Å². The van der Waals surface area contributed by atoms with Crippen molar-refractivity contribution in [2.75, 3.05) is 11.9 Å². The third kappa shape index (κ3) is 6.35. The van der Waals surface area contributed by atoms with Crippen LogP contribution in [0, 0.1) is 11.6 Å². The lowest BCUT2D eigenvalue weighted by Crippen LogP contribution is -2.47. The van der Waals surface area contributed by atoms with Gasteiger partial charge in [0.15, 0.2) is 5.82 Å². The van der Waals surface area contributed by atoms with E-state index in [2.05, 4.69) is 30.7 Å². The summed E-state index contributed by atoms with van der Waals surface area (Å²) >= 11 is 0. The first-order valence-corrected chi connectivity index (χ1v) is 12.8. The molecule has 12 heteroatoms. The third-order valence-electron chi connectivity index (χ3n) is 6.66. The molecule has 1 fully saturated rings. The Kier molecular flexibility index (Phi) is 8.38. The second-order valence-electron chi connectivity index (χ2n) is 9.98. The summed E-state index contributed by atoms with van der Waals surface area (Å²) in [5.74, 6) is -1.15. The first-order valence-electron chi connectivity index (χ1n) is 12.8. The van der Waals surface area contributed by atoms with Crippen molar-refractivity contribution in [1.82, 2.24) is 30.3 Å². The van der Waals surface area contributed by atoms with Gasteiger partial charge in [-0.25, -0.2) is 13.8 Å². The van der Waals surface area contributed by atoms with E-state index in [4.69, 9.17) is 4.52 Å². The van der Waals surface area contributed by atoms with Crippen LogP contribution in [0.5, 0.6) is 0 Å². The molecule has 3 atom stereocenters. The predicted octanol–water partition coefficient (Wildman–Crippen LogP) is 4.31. The van der Waals surface area contributed by atoms with Crippen molar-refractivity contribution < 1.29 is 22.9 Å². The minimum atomic E-state index is -0.983. The molecule has 2 aromatic heterocycles. The third-order valence-corrected chi connectivity index (χ3v) is 6.66. The highest BCUT2D eigenvalue weighted by Gasteiger charge is 2.31. The Balaban J connectivity index is 1.49. The van der Waals surface area contributed by atoms with E-state index in [1.54, 1.807) is 11.8 Å². The Morgan fingerprint density at radius 3 is 2.71 bits per heavy atom. The van der Waals surface area contributed by atoms with Gasteiger partial charge in [-0.15, -0.1) is 0 Å². The van der Waals surface area contributed by atoms with Gasteiger partial charge in [-0.3, -0.25) is 9.59 Å². The standard InChI is InChI=1S/C26H33F2N7O3/c1-14(2)23-33-26(38-34-23)32-20(12-22(36)35-10-6-5-7-15(35)3)25(37)30-16(4)24-29-13-21(31-24)18-9-8-17(27)11-19(18)28/h8-9,11,13-16,20H,5-7,10,12H2,1-4H3,(H,29,31)(H,30,37)(H,32,33,34). The van der Waals surface area contributed by atoms with E-state index in [0.717, 1.165) is 31.4 Å². The predicted molar refractivity (Wildman–Crippen MR) is 136 cm³/mol. The lowest BCUT2D eigenvalue weighted by Gasteiger charge is -2.34. The normalized spacial score (nSPS) is 17.3. The molecule has 3 unspecified atom stereocenters. The molecule has 0 spiro atoms. The highest BCUT2D eigenvalue weighted by atomic mass is 19.1. The van der Waals surface area contributed by atoms with E-state index in [9.17, 15) is 18.4 Å². The number of aromatic nitrogens is 4. The number of carbonyl (C=O) groups is 2. The van der Waals surface area contributed by atoms with Gasteiger partial charge in [0.2, 0.25) is 11.8 Å². The van der Waals surface area contributed by atoms with Gasteiger partial charge in [0.25, 0.3) is 0 Å². The largest absolute Gasteiger partial charge is 0.345 e. The van der Waals surface area contributed by atoms with Crippen LogP contribution in [0.25, 0.3) is 11.3 Å². The summed E-state index contributed by atoms with van der Waals surface area (Å²) in [6.45, 7) is 8.19. The highest BCUT2D eigenvalue weighted by Crippen LogP contribution is 2.24. The van der Waals surface area contributed by atoms with Gasteiger partial charge < -0.3 is 25.0 Å². The average molecular weight is 530 g/mol. The molecule has 3 aromatic rings. The topological polar surface area (TPSA) is 129 Å². The Hall–Kier alpha value is -3.83. The fourth-order valence-electron chi connectivity index (χ4n) is 4.43. The van der Waals surface area contributed by atoms with Gasteiger partial charge in [0.05, 0.1) is 24.4 Å². The molecule has 1 aliphatic rings. The summed E-state index contributed by atoms with van der Waals surface area (Å²) in [7, 11) is 0. The summed E-state index contributed by atoms with van der Waals surface area (Å²) in [5.41, 5.74) is 0.497. The molecule has 10 nitrogen and oxygen atoms in total. The monoisotopic (exact) mass is 529 g/mol. The zero-order valence-corrected chi connectivity index (χ0v) is 21.9. The van der Waals surface area contributed by atoms with Crippen LogP contribution in [0.15, 0.2) is 28.9 Å². The number of likely N-dealkylation sites (tertiary alicyclic amines) is 1. The molecule has 38 heavy (non-hydrogen) atoms. The fourth-order valence-corrected chi connectivity index (χ4v) is 4.43. The number of carbonyl (C=O) groups excluding carboxylic acids is 2. The molecule has 4 rings (SSSR count). The molecule has 3 N–H and O–H groups in total. The van der Waals surface area contributed by atoms with Crippen LogP contribution in [0.4, 0.5) is 14.8 Å². The lowest BCUT2D eigenvalue weighted by molar-refractivity contribution is -0.137. The smallest absolute Gasteiger partial charge is 0.322 e. The molecule has 1 aromatic carbocycles. The van der Waals surface area contributed by atoms with Gasteiger partial charge in [-0.05, 0) is 45.2 Å². The number of imidazole rings is 1. The molecule has 1 saturated heterocycles. The van der Waals surface area contributed by atoms with E-state index >= 15 is 0 Å². The maximum Gasteiger partial charge on any atom is 0.322 e. The van der Waals surface area contributed by atoms with Gasteiger partial charge in [-0.2, -0.15) is 4.98 Å². The first-order chi connectivity index (χ1) is 18.1. The van der Waals surface area contributed by atoms with Crippen LogP contribution >= 0.6 is 0 Å². The Labute approximate surface area is 219 Å². The van der Waals surface area contributed by atoms with E-state index in [1.165, 1.54) is 12.3 Å². The van der Waals surface area contributed by atoms with E-state index < -0.39 is 29.6 Å². The van der Waals surface area contributed by atoms with E-state index in [-0.39, 0.29) is 35.9 Å². The number of rotatable bonds is 9. The van der Waals surface area contributed by atoms with Crippen molar-refractivity contribution in [1.29, 1.82) is 0 Å². The van der Waals surface area contributed by atoms with Crippen LogP contribution in [0.3, 0.4) is 0 Å². The number of hydrogen-bond acceptors (Lipinski definition) is 7. The molecule has 0 saturated carbocycles. The molecule has 3 heterocycles. The second-order valence-corrected chi connectivity index (χ2v) is 9.98. The molecule has 0 bridgehead atoms. The van der Waals surface area contributed by atoms with Crippen molar-refractivity contribution in [3.05, 3.63) is 47.7 Å². The van der Waals surface area contributed by atoms with Crippen molar-refractivity contribution >= 4 is 17.8 Å². The molecule has 0 aliphatic carbocycles. The van der Waals surface area contributed by atoms with Crippen LogP contribution in [0.1, 0.15) is 77.0 Å². The number of hydrogen-bond donors (Lipinski definition) is 3. The number of nitrogens with one attached hydrogen (secondary N) is 3. The maximum atomic E-state index is 14.2. The molecule has 2 amide bonds. The Morgan fingerprint density at radius 2 is 2.03 bits per heavy atom. The van der Waals surface area contributed by atoms with Crippen LogP contribution < -0.4 is 10.6 Å². The van der Waals surface area contributed by atoms with Crippen molar-refractivity contribution in [3.8, 4) is 11.3 Å². The number of H-pyrrole nitrogens is 1. The van der Waals surface area contributed by atoms with Crippen molar-refractivity contribution in [2.45, 2.75) is 77.4 Å². The first kappa shape index (κ1) is 27.2. The maximum absolute atomic E-state index is 14.2. The summed E-state index contributed by atoms with van der Waals surface area (Å²) < 4.78 is 32.7. The summed E-state index contributed by atoms with van der Waals surface area (Å²) in [6.07, 6.45) is 4.22. The number of piperidine rings is 1. The number of aromatic amines is 1. The van der Waals surface area contributed by atoms with Gasteiger partial charge in [0, 0.05) is 30.1 Å². The van der Waals surface area contributed by atoms with Crippen LogP contribution in [0.2, 0.25) is 0 Å². The zero-order chi connectivity index (χ0) is 27.4. The summed E-state index contributed by atoms with van der Waals surface area (Å²) in [4.78, 5) is 39.8. The minimum absolute atomic E-state index is 0.0246. The summed E-state index contributed by atoms with van der Waals surface area (Å²) in [6, 6.07) is 1.82. The Morgan fingerprint density at radius 1 is 1.24 bits per heavy atom. The number of halogens is 2. The number of nitrogens with zero attached hydrogens (tertiary/aromatic N) is 4.